The summed E-state index contributed by atoms with van der Waals surface area (Å²) in [6.07, 6.45) is 0. The Morgan fingerprint density at radius 1 is 1.20 bits per heavy atom. The summed E-state index contributed by atoms with van der Waals surface area (Å²) in [5.41, 5.74) is 1.29. The molecule has 0 bridgehead atoms. The summed E-state index contributed by atoms with van der Waals surface area (Å²) >= 11 is 0. The first-order valence-electron chi connectivity index (χ1n) is 7.39. The standard InChI is InChI=1S/C15H17N5O5/c1-8-7-12(19(22)23)5-6-13(8)16-15(21)11(4)18-10(3)14(20(24)25)9(2)17-18/h5-7,11H,1-4H3,(H,16,21). The highest BCUT2D eigenvalue weighted by Crippen LogP contribution is 2.26. The van der Waals surface area contributed by atoms with Gasteiger partial charge in [-0.3, -0.25) is 29.7 Å². The van der Waals surface area contributed by atoms with Gasteiger partial charge in [0.15, 0.2) is 0 Å². The van der Waals surface area contributed by atoms with Crippen molar-refractivity contribution >= 4 is 23.0 Å². The number of anilines is 1. The Hall–Kier alpha value is -3.30. The van der Waals surface area contributed by atoms with Crippen molar-refractivity contribution in [3.05, 3.63) is 55.4 Å². The van der Waals surface area contributed by atoms with E-state index in [1.165, 1.54) is 36.7 Å². The van der Waals surface area contributed by atoms with Gasteiger partial charge in [-0.05, 0) is 39.3 Å². The maximum Gasteiger partial charge on any atom is 0.312 e. The first kappa shape index (κ1) is 18.0. The largest absolute Gasteiger partial charge is 0.324 e. The van der Waals surface area contributed by atoms with E-state index in [9.17, 15) is 25.0 Å². The number of hydrogen-bond acceptors (Lipinski definition) is 6. The molecule has 132 valence electrons. The highest BCUT2D eigenvalue weighted by molar-refractivity contribution is 5.94. The average Bonchev–Trinajstić information content (AvgIpc) is 2.82. The molecule has 2 aromatic rings. The number of aromatic nitrogens is 2. The minimum absolute atomic E-state index is 0.0716. The number of aryl methyl sites for hydroxylation is 2. The van der Waals surface area contributed by atoms with Gasteiger partial charge in [0.25, 0.3) is 5.69 Å². The third-order valence-electron chi connectivity index (χ3n) is 3.89. The van der Waals surface area contributed by atoms with Gasteiger partial charge in [0.2, 0.25) is 5.91 Å². The number of rotatable bonds is 5. The van der Waals surface area contributed by atoms with Crippen LogP contribution < -0.4 is 5.32 Å². The molecule has 1 unspecified atom stereocenters. The third kappa shape index (κ3) is 3.47. The monoisotopic (exact) mass is 347 g/mol. The van der Waals surface area contributed by atoms with Crippen molar-refractivity contribution in [2.45, 2.75) is 33.7 Å². The van der Waals surface area contributed by atoms with E-state index in [0.29, 0.717) is 11.3 Å². The fourth-order valence-corrected chi connectivity index (χ4v) is 2.55. The number of nitro groups is 2. The molecule has 0 spiro atoms. The summed E-state index contributed by atoms with van der Waals surface area (Å²) < 4.78 is 1.30. The predicted molar refractivity (Wildman–Crippen MR) is 89.5 cm³/mol. The Balaban J connectivity index is 2.26. The molecule has 2 rings (SSSR count). The van der Waals surface area contributed by atoms with Crippen LogP contribution in [0.2, 0.25) is 0 Å². The van der Waals surface area contributed by atoms with Gasteiger partial charge >= 0.3 is 5.69 Å². The molecule has 25 heavy (non-hydrogen) atoms. The van der Waals surface area contributed by atoms with Crippen molar-refractivity contribution in [1.29, 1.82) is 0 Å². The molecule has 0 aliphatic carbocycles. The lowest BCUT2D eigenvalue weighted by Crippen LogP contribution is -2.25. The van der Waals surface area contributed by atoms with E-state index in [-0.39, 0.29) is 22.8 Å². The highest BCUT2D eigenvalue weighted by Gasteiger charge is 2.27. The molecule has 1 amide bonds. The lowest BCUT2D eigenvalue weighted by atomic mass is 10.1. The van der Waals surface area contributed by atoms with Crippen LogP contribution in [0.15, 0.2) is 18.2 Å². The van der Waals surface area contributed by atoms with Crippen LogP contribution in [0.1, 0.15) is 29.9 Å². The molecule has 0 aliphatic rings. The molecule has 0 saturated carbocycles. The quantitative estimate of drug-likeness (QED) is 0.653. The summed E-state index contributed by atoms with van der Waals surface area (Å²) in [4.78, 5) is 33.2. The van der Waals surface area contributed by atoms with Gasteiger partial charge in [0.1, 0.15) is 17.4 Å². The van der Waals surface area contributed by atoms with Gasteiger partial charge in [-0.1, -0.05) is 0 Å². The summed E-state index contributed by atoms with van der Waals surface area (Å²) in [6.45, 7) is 6.24. The first-order chi connectivity index (χ1) is 11.6. The molecular formula is C15H17N5O5. The molecule has 10 nitrogen and oxygen atoms in total. The SMILES string of the molecule is Cc1cc([N+](=O)[O-])ccc1NC(=O)C(C)n1nc(C)c([N+](=O)[O-])c1C. The van der Waals surface area contributed by atoms with Gasteiger partial charge in [-0.25, -0.2) is 0 Å². The van der Waals surface area contributed by atoms with Gasteiger partial charge < -0.3 is 5.32 Å². The van der Waals surface area contributed by atoms with Crippen LogP contribution in [0, 0.1) is 41.0 Å². The average molecular weight is 347 g/mol. The molecular weight excluding hydrogens is 330 g/mol. The van der Waals surface area contributed by atoms with E-state index in [1.807, 2.05) is 0 Å². The van der Waals surface area contributed by atoms with E-state index in [4.69, 9.17) is 0 Å². The van der Waals surface area contributed by atoms with Crippen LogP contribution in [0.5, 0.6) is 0 Å². The van der Waals surface area contributed by atoms with Crippen molar-refractivity contribution in [1.82, 2.24) is 9.78 Å². The van der Waals surface area contributed by atoms with E-state index in [2.05, 4.69) is 10.4 Å². The number of nitrogens with one attached hydrogen (secondary N) is 1. The molecule has 1 aromatic heterocycles. The maximum atomic E-state index is 12.5. The van der Waals surface area contributed by atoms with E-state index < -0.39 is 21.8 Å². The number of amides is 1. The molecule has 1 N–H and O–H groups in total. The van der Waals surface area contributed by atoms with Crippen LogP contribution in [-0.2, 0) is 4.79 Å². The number of nitro benzene ring substituents is 1. The molecule has 0 fully saturated rings. The third-order valence-corrected chi connectivity index (χ3v) is 3.89. The first-order valence-corrected chi connectivity index (χ1v) is 7.39. The molecule has 1 aromatic carbocycles. The van der Waals surface area contributed by atoms with Crippen LogP contribution >= 0.6 is 0 Å². The highest BCUT2D eigenvalue weighted by atomic mass is 16.6. The molecule has 1 heterocycles. The number of benzene rings is 1. The smallest absolute Gasteiger partial charge is 0.312 e. The molecule has 1 atom stereocenters. The second-order valence-electron chi connectivity index (χ2n) is 5.64. The lowest BCUT2D eigenvalue weighted by molar-refractivity contribution is -0.386. The fraction of sp³-hybridized carbons (Fsp3) is 0.333. The zero-order chi connectivity index (χ0) is 18.9. The van der Waals surface area contributed by atoms with Gasteiger partial charge in [-0.2, -0.15) is 5.10 Å². The maximum absolute atomic E-state index is 12.5. The van der Waals surface area contributed by atoms with Gasteiger partial charge in [-0.15, -0.1) is 0 Å². The van der Waals surface area contributed by atoms with Crippen molar-refractivity contribution < 1.29 is 14.6 Å². The van der Waals surface area contributed by atoms with Crippen molar-refractivity contribution in [2.75, 3.05) is 5.32 Å². The van der Waals surface area contributed by atoms with Gasteiger partial charge in [0.05, 0.1) is 9.85 Å². The zero-order valence-corrected chi connectivity index (χ0v) is 14.1. The van der Waals surface area contributed by atoms with E-state index in [1.54, 1.807) is 13.8 Å². The topological polar surface area (TPSA) is 133 Å². The normalized spacial score (nSPS) is 11.8. The number of carbonyl (C=O) groups excluding carboxylic acids is 1. The van der Waals surface area contributed by atoms with Crippen molar-refractivity contribution in [2.24, 2.45) is 0 Å². The second-order valence-corrected chi connectivity index (χ2v) is 5.64. The Morgan fingerprint density at radius 2 is 1.84 bits per heavy atom. The number of carbonyl (C=O) groups is 1. The summed E-state index contributed by atoms with van der Waals surface area (Å²) in [7, 11) is 0. The number of nitrogens with zero attached hydrogens (tertiary/aromatic N) is 4. The fourth-order valence-electron chi connectivity index (χ4n) is 2.55. The van der Waals surface area contributed by atoms with Crippen LogP contribution in [0.3, 0.4) is 0 Å². The van der Waals surface area contributed by atoms with Gasteiger partial charge in [0, 0.05) is 17.8 Å². The minimum atomic E-state index is -0.790. The van der Waals surface area contributed by atoms with E-state index >= 15 is 0 Å². The molecule has 0 radical (unpaired) electrons. The Morgan fingerprint density at radius 3 is 2.32 bits per heavy atom. The summed E-state index contributed by atoms with van der Waals surface area (Å²) in [6, 6.07) is 3.31. The minimum Gasteiger partial charge on any atom is -0.324 e. The van der Waals surface area contributed by atoms with Crippen LogP contribution in [-0.4, -0.2) is 25.5 Å². The Bertz CT molecular complexity index is 873. The van der Waals surface area contributed by atoms with E-state index in [0.717, 1.165) is 0 Å². The Labute approximate surface area is 142 Å². The second kappa shape index (κ2) is 6.67. The zero-order valence-electron chi connectivity index (χ0n) is 14.1. The Kier molecular flexibility index (Phi) is 4.82. The number of hydrogen-bond donors (Lipinski definition) is 1. The molecule has 10 heteroatoms. The molecule has 0 saturated heterocycles. The van der Waals surface area contributed by atoms with Crippen molar-refractivity contribution in [3.63, 3.8) is 0 Å². The lowest BCUT2D eigenvalue weighted by Gasteiger charge is -2.15. The summed E-state index contributed by atoms with van der Waals surface area (Å²) in [5, 5.41) is 28.6. The number of non-ortho nitro benzene ring substituents is 1. The van der Waals surface area contributed by atoms with Crippen molar-refractivity contribution in [3.8, 4) is 0 Å². The van der Waals surface area contributed by atoms with Crippen LogP contribution in [0.4, 0.5) is 17.1 Å². The molecule has 0 aliphatic heterocycles. The summed E-state index contributed by atoms with van der Waals surface area (Å²) in [5.74, 6) is -0.433. The predicted octanol–water partition coefficient (Wildman–Crippen LogP) is 2.82. The van der Waals surface area contributed by atoms with Crippen LogP contribution in [0.25, 0.3) is 0 Å².